The molecule has 1 aliphatic heterocycles. The molecule has 0 radical (unpaired) electrons. The molecule has 0 bridgehead atoms. The van der Waals surface area contributed by atoms with Gasteiger partial charge in [-0.25, -0.2) is 4.98 Å². The summed E-state index contributed by atoms with van der Waals surface area (Å²) in [5.74, 6) is -0.251. The highest BCUT2D eigenvalue weighted by molar-refractivity contribution is 7.80. The van der Waals surface area contributed by atoms with Gasteiger partial charge in [-0.15, -0.1) is 11.3 Å². The van der Waals surface area contributed by atoms with Crippen LogP contribution in [0.4, 0.5) is 17.1 Å². The number of nitrogens with zero attached hydrogens (tertiary/aromatic N) is 3. The molecule has 7 nitrogen and oxygen atoms in total. The number of rotatable bonds is 3. The minimum Gasteiger partial charge on any atom is -0.397 e. The summed E-state index contributed by atoms with van der Waals surface area (Å²) in [6.45, 7) is 1.35. The quantitative estimate of drug-likeness (QED) is 0.310. The lowest BCUT2D eigenvalue weighted by Gasteiger charge is -2.29. The molecule has 32 heavy (non-hydrogen) atoms. The molecular formula is C23H20N6OS2. The highest BCUT2D eigenvalue weighted by atomic mass is 32.1. The van der Waals surface area contributed by atoms with Crippen molar-refractivity contribution in [3.63, 3.8) is 0 Å². The van der Waals surface area contributed by atoms with E-state index in [1.54, 1.807) is 18.3 Å². The van der Waals surface area contributed by atoms with Gasteiger partial charge in [-0.1, -0.05) is 24.3 Å². The summed E-state index contributed by atoms with van der Waals surface area (Å²) in [5.41, 5.74) is 8.94. The molecule has 0 unspecified atom stereocenters. The van der Waals surface area contributed by atoms with Crippen LogP contribution in [-0.4, -0.2) is 32.4 Å². The van der Waals surface area contributed by atoms with Crippen LogP contribution in [0.25, 0.3) is 10.8 Å². The molecule has 3 heterocycles. The van der Waals surface area contributed by atoms with Gasteiger partial charge in [-0.3, -0.25) is 9.78 Å². The van der Waals surface area contributed by atoms with Crippen molar-refractivity contribution in [2.45, 2.75) is 13.0 Å². The van der Waals surface area contributed by atoms with Gasteiger partial charge in [0.25, 0.3) is 5.91 Å². The molecule has 5 rings (SSSR count). The topological polar surface area (TPSA) is 96.2 Å². The van der Waals surface area contributed by atoms with Crippen LogP contribution < -0.4 is 16.4 Å². The standard InChI is InChI=1S/C23H20N6OS2/c24-16-5-1-2-6-18(16)26-21(30)22-27-19-9-11-29(13-20(19)32-22)23(31)28-17-7-3-4-14-12-25-10-8-15(14)17/h1-8,10,12H,9,11,13,24H2,(H,26,30)(H,28,31). The van der Waals surface area contributed by atoms with Gasteiger partial charge in [-0.05, 0) is 36.5 Å². The van der Waals surface area contributed by atoms with Crippen molar-refractivity contribution in [2.75, 3.05) is 22.9 Å². The molecule has 4 N–H and O–H groups in total. The molecule has 1 aliphatic rings. The third kappa shape index (κ3) is 4.00. The van der Waals surface area contributed by atoms with E-state index in [1.807, 2.05) is 42.6 Å². The Balaban J connectivity index is 1.29. The van der Waals surface area contributed by atoms with Crippen molar-refractivity contribution in [1.82, 2.24) is 14.9 Å². The third-order valence-electron chi connectivity index (χ3n) is 5.34. The fourth-order valence-electron chi connectivity index (χ4n) is 3.68. The molecule has 2 aromatic carbocycles. The molecule has 0 aliphatic carbocycles. The van der Waals surface area contributed by atoms with Crippen LogP contribution in [0.2, 0.25) is 0 Å². The van der Waals surface area contributed by atoms with Gasteiger partial charge in [0.1, 0.15) is 0 Å². The SMILES string of the molecule is Nc1ccccc1NC(=O)c1nc2c(s1)CN(C(=S)Nc1cccc3cnccc13)CC2. The van der Waals surface area contributed by atoms with Crippen LogP contribution in [0.3, 0.4) is 0 Å². The van der Waals surface area contributed by atoms with Gasteiger partial charge in [-0.2, -0.15) is 0 Å². The summed E-state index contributed by atoms with van der Waals surface area (Å²) < 4.78 is 0. The first-order chi connectivity index (χ1) is 15.6. The average molecular weight is 461 g/mol. The fraction of sp³-hybridized carbons (Fsp3) is 0.130. The zero-order chi connectivity index (χ0) is 22.1. The van der Waals surface area contributed by atoms with Crippen molar-refractivity contribution in [1.29, 1.82) is 0 Å². The van der Waals surface area contributed by atoms with Gasteiger partial charge >= 0.3 is 0 Å². The van der Waals surface area contributed by atoms with Crippen LogP contribution in [0, 0.1) is 0 Å². The van der Waals surface area contributed by atoms with Crippen molar-refractivity contribution in [3.05, 3.63) is 76.5 Å². The Hall–Kier alpha value is -3.56. The molecule has 4 aromatic rings. The largest absolute Gasteiger partial charge is 0.397 e. The lowest BCUT2D eigenvalue weighted by atomic mass is 10.1. The predicted molar refractivity (Wildman–Crippen MR) is 133 cm³/mol. The minimum absolute atomic E-state index is 0.251. The summed E-state index contributed by atoms with van der Waals surface area (Å²) in [5, 5.41) is 9.42. The Morgan fingerprint density at radius 3 is 2.81 bits per heavy atom. The van der Waals surface area contributed by atoms with E-state index in [1.165, 1.54) is 11.3 Å². The maximum atomic E-state index is 12.7. The highest BCUT2D eigenvalue weighted by Crippen LogP contribution is 2.28. The van der Waals surface area contributed by atoms with Crippen LogP contribution in [0.1, 0.15) is 20.4 Å². The maximum Gasteiger partial charge on any atom is 0.284 e. The summed E-state index contributed by atoms with van der Waals surface area (Å²) >= 11 is 7.09. The zero-order valence-electron chi connectivity index (χ0n) is 17.0. The number of hydrogen-bond donors (Lipinski definition) is 3. The summed E-state index contributed by atoms with van der Waals surface area (Å²) in [6, 6.07) is 15.2. The van der Waals surface area contributed by atoms with E-state index in [2.05, 4.69) is 25.5 Å². The second kappa shape index (κ2) is 8.52. The average Bonchev–Trinajstić information content (AvgIpc) is 3.24. The van der Waals surface area contributed by atoms with E-state index in [9.17, 15) is 4.79 Å². The van der Waals surface area contributed by atoms with Gasteiger partial charge < -0.3 is 21.3 Å². The second-order valence-electron chi connectivity index (χ2n) is 7.43. The van der Waals surface area contributed by atoms with Crippen LogP contribution in [-0.2, 0) is 13.0 Å². The smallest absolute Gasteiger partial charge is 0.284 e. The number of fused-ring (bicyclic) bond motifs is 2. The number of aromatic nitrogens is 2. The van der Waals surface area contributed by atoms with E-state index < -0.39 is 0 Å². The van der Waals surface area contributed by atoms with Gasteiger partial charge in [0.15, 0.2) is 10.1 Å². The van der Waals surface area contributed by atoms with E-state index >= 15 is 0 Å². The van der Waals surface area contributed by atoms with E-state index in [0.29, 0.717) is 28.0 Å². The number of benzene rings is 2. The first-order valence-electron chi connectivity index (χ1n) is 10.1. The van der Waals surface area contributed by atoms with Crippen molar-refractivity contribution in [3.8, 4) is 0 Å². The van der Waals surface area contributed by atoms with Gasteiger partial charge in [0.05, 0.1) is 23.6 Å². The van der Waals surface area contributed by atoms with Crippen molar-refractivity contribution in [2.24, 2.45) is 0 Å². The summed E-state index contributed by atoms with van der Waals surface area (Å²) in [7, 11) is 0. The number of nitrogens with two attached hydrogens (primary N) is 1. The number of carbonyl (C=O) groups is 1. The van der Waals surface area contributed by atoms with Gasteiger partial charge in [0, 0.05) is 46.7 Å². The third-order valence-corrected chi connectivity index (χ3v) is 6.79. The number of anilines is 3. The molecule has 1 amide bonds. The van der Waals surface area contributed by atoms with Crippen molar-refractivity contribution < 1.29 is 4.79 Å². The maximum absolute atomic E-state index is 12.7. The number of amides is 1. The number of hydrogen-bond acceptors (Lipinski definition) is 6. The molecule has 0 atom stereocenters. The lowest BCUT2D eigenvalue weighted by molar-refractivity contribution is 0.102. The number of nitrogens with one attached hydrogen (secondary N) is 2. The first kappa shape index (κ1) is 20.3. The number of pyridine rings is 1. The Labute approximate surface area is 194 Å². The van der Waals surface area contributed by atoms with E-state index in [-0.39, 0.29) is 5.91 Å². The second-order valence-corrected chi connectivity index (χ2v) is 8.90. The minimum atomic E-state index is -0.251. The normalized spacial score (nSPS) is 12.9. The predicted octanol–water partition coefficient (Wildman–Crippen LogP) is 4.28. The first-order valence-corrected chi connectivity index (χ1v) is 11.3. The van der Waals surface area contributed by atoms with E-state index in [0.717, 1.165) is 40.0 Å². The molecule has 0 saturated heterocycles. The van der Waals surface area contributed by atoms with Crippen LogP contribution in [0.15, 0.2) is 60.9 Å². The van der Waals surface area contributed by atoms with Gasteiger partial charge in [0.2, 0.25) is 0 Å². The fourth-order valence-corrected chi connectivity index (χ4v) is 4.96. The molecule has 0 spiro atoms. The number of thiazole rings is 1. The molecule has 160 valence electrons. The number of thiocarbonyl (C=S) groups is 1. The zero-order valence-corrected chi connectivity index (χ0v) is 18.7. The number of para-hydroxylation sites is 2. The summed E-state index contributed by atoms with van der Waals surface area (Å²) in [4.78, 5) is 24.6. The Morgan fingerprint density at radius 1 is 1.09 bits per heavy atom. The number of carbonyl (C=O) groups excluding carboxylic acids is 1. The Kier molecular flexibility index (Phi) is 5.42. The van der Waals surface area contributed by atoms with Crippen molar-refractivity contribution >= 4 is 62.4 Å². The summed E-state index contributed by atoms with van der Waals surface area (Å²) in [6.07, 6.45) is 4.34. The van der Waals surface area contributed by atoms with E-state index in [4.69, 9.17) is 18.0 Å². The van der Waals surface area contributed by atoms with Crippen LogP contribution in [0.5, 0.6) is 0 Å². The molecular weight excluding hydrogens is 440 g/mol. The monoisotopic (exact) mass is 460 g/mol. The lowest BCUT2D eigenvalue weighted by Crippen LogP contribution is -2.38. The molecule has 2 aromatic heterocycles. The van der Waals surface area contributed by atoms with Crippen LogP contribution >= 0.6 is 23.6 Å². The molecule has 0 fully saturated rings. The Bertz CT molecular complexity index is 1330. The Morgan fingerprint density at radius 2 is 1.94 bits per heavy atom. The highest BCUT2D eigenvalue weighted by Gasteiger charge is 2.25. The molecule has 0 saturated carbocycles. The molecule has 9 heteroatoms. The number of nitrogen functional groups attached to an aromatic ring is 1.